The lowest BCUT2D eigenvalue weighted by molar-refractivity contribution is 0.0938. The maximum atomic E-state index is 11.5. The molecule has 1 amide bonds. The number of rotatable bonds is 2. The van der Waals surface area contributed by atoms with Crippen molar-refractivity contribution >= 4 is 28.8 Å². The first-order chi connectivity index (χ1) is 6.75. The van der Waals surface area contributed by atoms with Gasteiger partial charge in [0.1, 0.15) is 0 Å². The number of carbonyl (C=O) groups excluding carboxylic acids is 1. The van der Waals surface area contributed by atoms with Crippen LogP contribution < -0.4 is 5.32 Å². The monoisotopic (exact) mass is 229 g/mol. The molecule has 0 atom stereocenters. The van der Waals surface area contributed by atoms with Crippen molar-refractivity contribution in [1.82, 2.24) is 15.5 Å². The smallest absolute Gasteiger partial charge is 0.282 e. The Bertz CT molecular complexity index is 368. The number of aromatic nitrogens is 2. The first-order valence-corrected chi connectivity index (χ1v) is 5.40. The molecule has 0 aromatic carbocycles. The SMILES string of the molecule is O=C(NC1CC=CC1)c1nnc(Cl)s1. The van der Waals surface area contributed by atoms with E-state index in [1.807, 2.05) is 0 Å². The summed E-state index contributed by atoms with van der Waals surface area (Å²) in [6, 6.07) is 0.199. The van der Waals surface area contributed by atoms with Crippen LogP contribution in [-0.2, 0) is 0 Å². The fourth-order valence-electron chi connectivity index (χ4n) is 1.28. The molecule has 1 aromatic rings. The van der Waals surface area contributed by atoms with Crippen molar-refractivity contribution in [3.8, 4) is 0 Å². The Kier molecular flexibility index (Phi) is 2.79. The van der Waals surface area contributed by atoms with E-state index in [2.05, 4.69) is 27.7 Å². The van der Waals surface area contributed by atoms with Crippen molar-refractivity contribution in [2.45, 2.75) is 18.9 Å². The number of amides is 1. The second-order valence-corrected chi connectivity index (χ2v) is 4.53. The van der Waals surface area contributed by atoms with Crippen molar-refractivity contribution in [3.05, 3.63) is 21.6 Å². The topological polar surface area (TPSA) is 54.9 Å². The first-order valence-electron chi connectivity index (χ1n) is 4.20. The lowest BCUT2D eigenvalue weighted by Gasteiger charge is -2.09. The molecule has 0 unspecified atom stereocenters. The van der Waals surface area contributed by atoms with Gasteiger partial charge in [-0.1, -0.05) is 23.5 Å². The van der Waals surface area contributed by atoms with E-state index in [1.54, 1.807) is 0 Å². The minimum absolute atomic E-state index is 0.192. The summed E-state index contributed by atoms with van der Waals surface area (Å²) in [5.41, 5.74) is 0. The lowest BCUT2D eigenvalue weighted by Crippen LogP contribution is -2.32. The molecule has 1 N–H and O–H groups in total. The maximum absolute atomic E-state index is 11.5. The molecule has 0 spiro atoms. The fourth-order valence-corrected chi connectivity index (χ4v) is 2.01. The zero-order valence-corrected chi connectivity index (χ0v) is 8.81. The summed E-state index contributed by atoms with van der Waals surface area (Å²) in [5, 5.41) is 10.4. The van der Waals surface area contributed by atoms with Crippen molar-refractivity contribution in [2.75, 3.05) is 0 Å². The van der Waals surface area contributed by atoms with Gasteiger partial charge in [0.05, 0.1) is 0 Å². The second kappa shape index (κ2) is 4.06. The van der Waals surface area contributed by atoms with Crippen LogP contribution in [0.25, 0.3) is 0 Å². The maximum Gasteiger partial charge on any atom is 0.282 e. The highest BCUT2D eigenvalue weighted by Crippen LogP contribution is 2.16. The van der Waals surface area contributed by atoms with E-state index < -0.39 is 0 Å². The summed E-state index contributed by atoms with van der Waals surface area (Å²) >= 11 is 6.66. The molecule has 1 aromatic heterocycles. The van der Waals surface area contributed by atoms with Crippen LogP contribution in [0.3, 0.4) is 0 Å². The Morgan fingerprint density at radius 3 is 2.79 bits per heavy atom. The molecule has 0 radical (unpaired) electrons. The molecular weight excluding hydrogens is 222 g/mol. The van der Waals surface area contributed by atoms with E-state index in [9.17, 15) is 4.79 Å². The molecule has 6 heteroatoms. The summed E-state index contributed by atoms with van der Waals surface area (Å²) in [4.78, 5) is 11.5. The molecule has 1 aliphatic carbocycles. The molecule has 1 aliphatic rings. The quantitative estimate of drug-likeness (QED) is 0.785. The average Bonchev–Trinajstić information content (AvgIpc) is 2.75. The highest BCUT2D eigenvalue weighted by Gasteiger charge is 2.17. The molecule has 0 aliphatic heterocycles. The van der Waals surface area contributed by atoms with E-state index in [0.29, 0.717) is 9.47 Å². The minimum Gasteiger partial charge on any atom is -0.347 e. The Labute approximate surface area is 90.0 Å². The van der Waals surface area contributed by atoms with Gasteiger partial charge in [0, 0.05) is 6.04 Å². The van der Waals surface area contributed by atoms with Gasteiger partial charge in [0.25, 0.3) is 5.91 Å². The van der Waals surface area contributed by atoms with Gasteiger partial charge in [0.15, 0.2) is 0 Å². The van der Waals surface area contributed by atoms with E-state index in [0.717, 1.165) is 24.2 Å². The third kappa shape index (κ3) is 2.10. The van der Waals surface area contributed by atoms with Crippen LogP contribution in [0, 0.1) is 0 Å². The van der Waals surface area contributed by atoms with Crippen LogP contribution in [0.1, 0.15) is 22.6 Å². The van der Waals surface area contributed by atoms with Gasteiger partial charge in [-0.25, -0.2) is 0 Å². The largest absolute Gasteiger partial charge is 0.347 e. The molecule has 74 valence electrons. The molecule has 0 fully saturated rings. The van der Waals surface area contributed by atoms with Crippen molar-refractivity contribution in [2.24, 2.45) is 0 Å². The van der Waals surface area contributed by atoms with Gasteiger partial charge in [-0.3, -0.25) is 4.79 Å². The van der Waals surface area contributed by atoms with Crippen LogP contribution in [0.2, 0.25) is 4.47 Å². The van der Waals surface area contributed by atoms with Crippen LogP contribution in [0.4, 0.5) is 0 Å². The number of nitrogens with zero attached hydrogens (tertiary/aromatic N) is 2. The fraction of sp³-hybridized carbons (Fsp3) is 0.375. The lowest BCUT2D eigenvalue weighted by atomic mass is 10.2. The molecule has 1 heterocycles. The number of halogens is 1. The van der Waals surface area contributed by atoms with E-state index in [-0.39, 0.29) is 11.9 Å². The summed E-state index contributed by atoms with van der Waals surface area (Å²) in [6.07, 6.45) is 5.88. The van der Waals surface area contributed by atoms with Gasteiger partial charge < -0.3 is 5.32 Å². The predicted molar refractivity (Wildman–Crippen MR) is 54.5 cm³/mol. The van der Waals surface area contributed by atoms with Gasteiger partial charge in [-0.05, 0) is 24.4 Å². The van der Waals surface area contributed by atoms with E-state index >= 15 is 0 Å². The number of hydrogen-bond acceptors (Lipinski definition) is 4. The molecule has 2 rings (SSSR count). The van der Waals surface area contributed by atoms with Gasteiger partial charge in [0.2, 0.25) is 9.47 Å². The predicted octanol–water partition coefficient (Wildman–Crippen LogP) is 1.64. The van der Waals surface area contributed by atoms with Crippen molar-refractivity contribution < 1.29 is 4.79 Å². The second-order valence-electron chi connectivity index (χ2n) is 2.97. The number of hydrogen-bond donors (Lipinski definition) is 1. The van der Waals surface area contributed by atoms with E-state index in [1.165, 1.54) is 0 Å². The van der Waals surface area contributed by atoms with Crippen LogP contribution in [-0.4, -0.2) is 22.1 Å². The molecular formula is C8H8ClN3OS. The molecule has 4 nitrogen and oxygen atoms in total. The Morgan fingerprint density at radius 2 is 2.21 bits per heavy atom. The standard InChI is InChI=1S/C8H8ClN3OS/c9-8-12-11-7(14-8)6(13)10-5-3-1-2-4-5/h1-2,5H,3-4H2,(H,10,13). The van der Waals surface area contributed by atoms with Gasteiger partial charge >= 0.3 is 0 Å². The number of carbonyl (C=O) groups is 1. The summed E-state index contributed by atoms with van der Waals surface area (Å²) < 4.78 is 0.291. The summed E-state index contributed by atoms with van der Waals surface area (Å²) in [7, 11) is 0. The molecule has 0 saturated heterocycles. The Morgan fingerprint density at radius 1 is 1.50 bits per heavy atom. The highest BCUT2D eigenvalue weighted by atomic mass is 35.5. The summed E-state index contributed by atoms with van der Waals surface area (Å²) in [6.45, 7) is 0. The molecule has 14 heavy (non-hydrogen) atoms. The third-order valence-corrected chi connectivity index (χ3v) is 2.96. The third-order valence-electron chi connectivity index (χ3n) is 1.94. The van der Waals surface area contributed by atoms with Crippen LogP contribution >= 0.6 is 22.9 Å². The molecule has 0 bridgehead atoms. The summed E-state index contributed by atoms with van der Waals surface area (Å²) in [5.74, 6) is -0.192. The van der Waals surface area contributed by atoms with Crippen LogP contribution in [0.15, 0.2) is 12.2 Å². The minimum atomic E-state index is -0.192. The Hall–Kier alpha value is -0.940. The zero-order valence-electron chi connectivity index (χ0n) is 7.24. The van der Waals surface area contributed by atoms with Crippen molar-refractivity contribution in [3.63, 3.8) is 0 Å². The van der Waals surface area contributed by atoms with Gasteiger partial charge in [-0.2, -0.15) is 0 Å². The highest BCUT2D eigenvalue weighted by molar-refractivity contribution is 7.17. The first kappa shape index (κ1) is 9.61. The average molecular weight is 230 g/mol. The molecule has 0 saturated carbocycles. The zero-order chi connectivity index (χ0) is 9.97. The van der Waals surface area contributed by atoms with Gasteiger partial charge in [-0.15, -0.1) is 10.2 Å². The normalized spacial score (nSPS) is 16.1. The Balaban J connectivity index is 1.95. The van der Waals surface area contributed by atoms with E-state index in [4.69, 9.17) is 11.6 Å². The van der Waals surface area contributed by atoms with Crippen molar-refractivity contribution in [1.29, 1.82) is 0 Å². The number of nitrogens with one attached hydrogen (secondary N) is 1. The van der Waals surface area contributed by atoms with Crippen LogP contribution in [0.5, 0.6) is 0 Å².